The number of carbonyl (C=O) groups is 2. The van der Waals surface area contributed by atoms with E-state index in [0.717, 1.165) is 30.4 Å². The zero-order valence-corrected chi connectivity index (χ0v) is 9.40. The first-order valence-electron chi connectivity index (χ1n) is 5.54. The van der Waals surface area contributed by atoms with Gasteiger partial charge in [0.15, 0.2) is 0 Å². The van der Waals surface area contributed by atoms with Gasteiger partial charge >= 0.3 is 0 Å². The minimum Gasteiger partial charge on any atom is -0.315 e. The van der Waals surface area contributed by atoms with E-state index in [1.807, 2.05) is 19.2 Å². The second kappa shape index (κ2) is 4.47. The Morgan fingerprint density at radius 2 is 2.19 bits per heavy atom. The molecule has 0 aromatic heterocycles. The van der Waals surface area contributed by atoms with Gasteiger partial charge in [0.1, 0.15) is 6.29 Å². The van der Waals surface area contributed by atoms with Gasteiger partial charge in [0.05, 0.1) is 0 Å². The van der Waals surface area contributed by atoms with Crippen LogP contribution in [0.2, 0.25) is 0 Å². The lowest BCUT2D eigenvalue weighted by Gasteiger charge is -2.26. The molecule has 1 heterocycles. The number of amides is 1. The molecule has 0 unspecified atom stereocenters. The smallest absolute Gasteiger partial charge is 0.227 e. The highest BCUT2D eigenvalue weighted by Gasteiger charge is 2.20. The van der Waals surface area contributed by atoms with Crippen LogP contribution in [-0.2, 0) is 22.4 Å². The average Bonchev–Trinajstić information content (AvgIpc) is 2.31. The highest BCUT2D eigenvalue weighted by Crippen LogP contribution is 2.27. The number of anilines is 1. The van der Waals surface area contributed by atoms with E-state index >= 15 is 0 Å². The Morgan fingerprint density at radius 3 is 2.94 bits per heavy atom. The molecule has 1 aliphatic heterocycles. The van der Waals surface area contributed by atoms with Crippen LogP contribution in [0, 0.1) is 0 Å². The minimum absolute atomic E-state index is 0.167. The molecule has 1 aromatic rings. The van der Waals surface area contributed by atoms with Crippen LogP contribution >= 0.6 is 0 Å². The Kier molecular flexibility index (Phi) is 3.04. The Labute approximate surface area is 95.1 Å². The number of benzene rings is 1. The highest BCUT2D eigenvalue weighted by atomic mass is 16.2. The van der Waals surface area contributed by atoms with Crippen molar-refractivity contribution in [3.63, 3.8) is 0 Å². The summed E-state index contributed by atoms with van der Waals surface area (Å²) in [5.74, 6) is 0.167. The molecule has 0 N–H and O–H groups in total. The van der Waals surface area contributed by atoms with Gasteiger partial charge in [0.25, 0.3) is 0 Å². The van der Waals surface area contributed by atoms with Crippen LogP contribution in [0.15, 0.2) is 18.2 Å². The van der Waals surface area contributed by atoms with Gasteiger partial charge in [0, 0.05) is 25.6 Å². The van der Waals surface area contributed by atoms with Crippen LogP contribution in [-0.4, -0.2) is 19.2 Å². The summed E-state index contributed by atoms with van der Waals surface area (Å²) < 4.78 is 0. The molecule has 1 aromatic carbocycles. The van der Waals surface area contributed by atoms with Crippen molar-refractivity contribution in [2.75, 3.05) is 11.9 Å². The van der Waals surface area contributed by atoms with Gasteiger partial charge in [-0.25, -0.2) is 0 Å². The van der Waals surface area contributed by atoms with E-state index in [2.05, 4.69) is 6.07 Å². The van der Waals surface area contributed by atoms with Crippen LogP contribution in [0.5, 0.6) is 0 Å². The van der Waals surface area contributed by atoms with Gasteiger partial charge in [-0.2, -0.15) is 0 Å². The molecule has 0 spiro atoms. The number of carbonyl (C=O) groups excluding carboxylic acids is 2. The fraction of sp³-hybridized carbons (Fsp3) is 0.385. The predicted molar refractivity (Wildman–Crippen MR) is 62.6 cm³/mol. The number of fused-ring (bicyclic) bond motifs is 1. The molecular formula is C13H15NO2. The molecule has 1 amide bonds. The van der Waals surface area contributed by atoms with Crippen molar-refractivity contribution >= 4 is 17.9 Å². The monoisotopic (exact) mass is 217 g/mol. The largest absolute Gasteiger partial charge is 0.315 e. The van der Waals surface area contributed by atoms with E-state index in [4.69, 9.17) is 0 Å². The molecular weight excluding hydrogens is 202 g/mol. The van der Waals surface area contributed by atoms with Crippen LogP contribution in [0.4, 0.5) is 5.69 Å². The summed E-state index contributed by atoms with van der Waals surface area (Å²) in [6, 6.07) is 6.14. The van der Waals surface area contributed by atoms with Crippen molar-refractivity contribution in [1.29, 1.82) is 0 Å². The molecule has 0 bridgehead atoms. The Balaban J connectivity index is 2.29. The summed E-state index contributed by atoms with van der Waals surface area (Å²) in [5, 5.41) is 0. The number of nitrogens with zero attached hydrogens (tertiary/aromatic N) is 1. The summed E-state index contributed by atoms with van der Waals surface area (Å²) in [6.45, 7) is 0. The molecule has 0 fully saturated rings. The zero-order chi connectivity index (χ0) is 11.5. The van der Waals surface area contributed by atoms with Crippen LogP contribution < -0.4 is 4.90 Å². The molecule has 0 saturated carbocycles. The molecule has 0 aliphatic carbocycles. The van der Waals surface area contributed by atoms with E-state index in [-0.39, 0.29) is 5.91 Å². The van der Waals surface area contributed by atoms with E-state index < -0.39 is 0 Å². The number of rotatable bonds is 3. The second-order valence-electron chi connectivity index (χ2n) is 4.12. The standard InChI is InChI=1S/C13H15NO2/c1-14-12-9-10(3-2-8-15)4-5-11(12)6-7-13(14)16/h4-5,8-9H,2-3,6-7H2,1H3. The second-order valence-corrected chi connectivity index (χ2v) is 4.12. The topological polar surface area (TPSA) is 37.4 Å². The maximum absolute atomic E-state index is 11.6. The molecule has 0 saturated heterocycles. The van der Waals surface area contributed by atoms with Gasteiger partial charge in [-0.05, 0) is 30.0 Å². The Bertz CT molecular complexity index is 426. The third-order valence-electron chi connectivity index (χ3n) is 3.04. The Morgan fingerprint density at radius 1 is 1.38 bits per heavy atom. The van der Waals surface area contributed by atoms with E-state index in [0.29, 0.717) is 12.8 Å². The molecule has 3 heteroatoms. The minimum atomic E-state index is 0.167. The van der Waals surface area contributed by atoms with Crippen molar-refractivity contribution in [2.45, 2.75) is 25.7 Å². The molecule has 2 rings (SSSR count). The maximum atomic E-state index is 11.6. The van der Waals surface area contributed by atoms with E-state index in [9.17, 15) is 9.59 Å². The molecule has 84 valence electrons. The Hall–Kier alpha value is -1.64. The molecule has 3 nitrogen and oxygen atoms in total. The van der Waals surface area contributed by atoms with Crippen molar-refractivity contribution in [1.82, 2.24) is 0 Å². The highest BCUT2D eigenvalue weighted by molar-refractivity contribution is 5.95. The van der Waals surface area contributed by atoms with Crippen molar-refractivity contribution < 1.29 is 9.59 Å². The van der Waals surface area contributed by atoms with Gasteiger partial charge in [0.2, 0.25) is 5.91 Å². The number of aryl methyl sites for hydroxylation is 2. The van der Waals surface area contributed by atoms with Crippen LogP contribution in [0.1, 0.15) is 24.0 Å². The fourth-order valence-corrected chi connectivity index (χ4v) is 2.06. The third kappa shape index (κ3) is 1.98. The first kappa shape index (κ1) is 10.9. The van der Waals surface area contributed by atoms with Gasteiger partial charge in [-0.1, -0.05) is 12.1 Å². The van der Waals surface area contributed by atoms with E-state index in [1.165, 1.54) is 5.56 Å². The van der Waals surface area contributed by atoms with Crippen LogP contribution in [0.25, 0.3) is 0 Å². The molecule has 16 heavy (non-hydrogen) atoms. The summed E-state index contributed by atoms with van der Waals surface area (Å²) in [7, 11) is 1.81. The first-order chi connectivity index (χ1) is 7.72. The SMILES string of the molecule is CN1C(=O)CCc2ccc(CCC=O)cc21. The maximum Gasteiger partial charge on any atom is 0.227 e. The normalized spacial score (nSPS) is 14.8. The molecule has 1 aliphatic rings. The summed E-state index contributed by atoms with van der Waals surface area (Å²) in [4.78, 5) is 23.6. The lowest BCUT2D eigenvalue weighted by molar-refractivity contribution is -0.118. The van der Waals surface area contributed by atoms with Crippen molar-refractivity contribution in [2.24, 2.45) is 0 Å². The van der Waals surface area contributed by atoms with Crippen molar-refractivity contribution in [3.8, 4) is 0 Å². The fourth-order valence-electron chi connectivity index (χ4n) is 2.06. The predicted octanol–water partition coefficient (Wildman–Crippen LogP) is 1.73. The summed E-state index contributed by atoms with van der Waals surface area (Å²) in [5.41, 5.74) is 3.34. The van der Waals surface area contributed by atoms with Gasteiger partial charge in [-0.15, -0.1) is 0 Å². The first-order valence-corrected chi connectivity index (χ1v) is 5.54. The molecule has 0 atom stereocenters. The number of hydrogen-bond acceptors (Lipinski definition) is 2. The van der Waals surface area contributed by atoms with Crippen LogP contribution in [0.3, 0.4) is 0 Å². The average molecular weight is 217 g/mol. The third-order valence-corrected chi connectivity index (χ3v) is 3.04. The summed E-state index contributed by atoms with van der Waals surface area (Å²) >= 11 is 0. The molecule has 0 radical (unpaired) electrons. The van der Waals surface area contributed by atoms with Gasteiger partial charge < -0.3 is 9.69 Å². The number of hydrogen-bond donors (Lipinski definition) is 0. The number of aldehydes is 1. The van der Waals surface area contributed by atoms with Gasteiger partial charge in [-0.3, -0.25) is 4.79 Å². The summed E-state index contributed by atoms with van der Waals surface area (Å²) in [6.07, 6.45) is 3.63. The zero-order valence-electron chi connectivity index (χ0n) is 9.40. The van der Waals surface area contributed by atoms with Crippen molar-refractivity contribution in [3.05, 3.63) is 29.3 Å². The van der Waals surface area contributed by atoms with E-state index in [1.54, 1.807) is 4.90 Å². The lowest BCUT2D eigenvalue weighted by atomic mass is 9.98. The lowest BCUT2D eigenvalue weighted by Crippen LogP contribution is -2.31. The quantitative estimate of drug-likeness (QED) is 0.723.